The number of rotatable bonds is 4. The number of unbranched alkanes of at least 4 members (excludes halogenated alkanes) is 1. The molecule has 0 radical (unpaired) electrons. The Labute approximate surface area is 81.2 Å². The molecule has 0 saturated carbocycles. The van der Waals surface area contributed by atoms with E-state index in [4.69, 9.17) is 0 Å². The summed E-state index contributed by atoms with van der Waals surface area (Å²) in [6.07, 6.45) is 5.52. The summed E-state index contributed by atoms with van der Waals surface area (Å²) in [5.74, 6) is 0. The third-order valence-corrected chi connectivity index (χ3v) is 1.70. The highest BCUT2D eigenvalue weighted by atomic mass is 15.4. The van der Waals surface area contributed by atoms with E-state index in [9.17, 15) is 0 Å². The minimum Gasteiger partial charge on any atom is -0.253 e. The summed E-state index contributed by atoms with van der Waals surface area (Å²) < 4.78 is 1.87. The van der Waals surface area contributed by atoms with Crippen molar-refractivity contribution >= 4 is 0 Å². The van der Waals surface area contributed by atoms with Crippen LogP contribution in [0.2, 0.25) is 0 Å². The molecule has 0 saturated heterocycles. The van der Waals surface area contributed by atoms with Crippen LogP contribution in [0.5, 0.6) is 0 Å². The number of aromatic nitrogens is 3. The average molecular weight is 183 g/mol. The molecule has 0 aliphatic carbocycles. The van der Waals surface area contributed by atoms with Gasteiger partial charge in [0.15, 0.2) is 0 Å². The molecule has 3 nitrogen and oxygen atoms in total. The van der Waals surface area contributed by atoms with Crippen LogP contribution >= 0.6 is 0 Å². The highest BCUT2D eigenvalue weighted by molar-refractivity contribution is 4.91. The summed E-state index contributed by atoms with van der Waals surface area (Å²) >= 11 is 0. The monoisotopic (exact) mass is 183 g/mol. The summed E-state index contributed by atoms with van der Waals surface area (Å²) in [6, 6.07) is 0. The minimum atomic E-state index is 0.916. The van der Waals surface area contributed by atoms with E-state index in [0.717, 1.165) is 18.7 Å². The fourth-order valence-electron chi connectivity index (χ4n) is 0.966. The Morgan fingerprint density at radius 1 is 1.31 bits per heavy atom. The maximum atomic E-state index is 4.04. The van der Waals surface area contributed by atoms with Crippen molar-refractivity contribution in [3.63, 3.8) is 0 Å². The molecule has 0 N–H and O–H groups in total. The summed E-state index contributed by atoms with van der Waals surface area (Å²) in [5, 5.41) is 7.99. The quantitative estimate of drug-likeness (QED) is 0.718. The zero-order valence-corrected chi connectivity index (χ0v) is 9.25. The lowest BCUT2D eigenvalue weighted by Crippen LogP contribution is -1.93. The molecule has 0 unspecified atom stereocenters. The van der Waals surface area contributed by atoms with Crippen molar-refractivity contribution in [2.45, 2.75) is 53.5 Å². The molecule has 0 aliphatic heterocycles. The van der Waals surface area contributed by atoms with Crippen LogP contribution in [0.25, 0.3) is 0 Å². The predicted octanol–water partition coefficient (Wildman–Crippen LogP) is 2.67. The van der Waals surface area contributed by atoms with Crippen LogP contribution in [0.1, 0.15) is 46.2 Å². The van der Waals surface area contributed by atoms with Crippen LogP contribution < -0.4 is 0 Å². The van der Waals surface area contributed by atoms with Gasteiger partial charge in [-0.15, -0.1) is 5.10 Å². The third kappa shape index (κ3) is 4.65. The third-order valence-electron chi connectivity index (χ3n) is 1.70. The van der Waals surface area contributed by atoms with Gasteiger partial charge in [-0.25, -0.2) is 0 Å². The van der Waals surface area contributed by atoms with Crippen molar-refractivity contribution in [1.82, 2.24) is 15.0 Å². The van der Waals surface area contributed by atoms with E-state index < -0.39 is 0 Å². The highest BCUT2D eigenvalue weighted by Crippen LogP contribution is 1.99. The Morgan fingerprint density at radius 3 is 2.46 bits per heavy atom. The molecule has 76 valence electrons. The van der Waals surface area contributed by atoms with Crippen LogP contribution in [0.3, 0.4) is 0 Å². The van der Waals surface area contributed by atoms with Crippen LogP contribution in [0.15, 0.2) is 6.20 Å². The van der Waals surface area contributed by atoms with E-state index in [2.05, 4.69) is 24.2 Å². The van der Waals surface area contributed by atoms with Gasteiger partial charge in [-0.05, 0) is 19.8 Å². The SMILES string of the molecule is CC.CCCCc1cn(CC)nn1. The predicted molar refractivity (Wildman–Crippen MR) is 55.7 cm³/mol. The van der Waals surface area contributed by atoms with Crippen LogP contribution in [0, 0.1) is 0 Å². The van der Waals surface area contributed by atoms with Gasteiger partial charge in [0, 0.05) is 12.7 Å². The zero-order chi connectivity index (χ0) is 10.1. The number of hydrogen-bond acceptors (Lipinski definition) is 2. The molecule has 0 atom stereocenters. The Kier molecular flexibility index (Phi) is 7.26. The molecular formula is C10H21N3. The van der Waals surface area contributed by atoms with Gasteiger partial charge in [-0.3, -0.25) is 4.68 Å². The van der Waals surface area contributed by atoms with Crippen LogP contribution in [0.4, 0.5) is 0 Å². The summed E-state index contributed by atoms with van der Waals surface area (Å²) in [4.78, 5) is 0. The van der Waals surface area contributed by atoms with Crippen molar-refractivity contribution in [2.75, 3.05) is 0 Å². The largest absolute Gasteiger partial charge is 0.253 e. The topological polar surface area (TPSA) is 30.7 Å². The van der Waals surface area contributed by atoms with Crippen molar-refractivity contribution in [2.24, 2.45) is 0 Å². The maximum Gasteiger partial charge on any atom is 0.0827 e. The van der Waals surface area contributed by atoms with Gasteiger partial charge in [0.05, 0.1) is 5.69 Å². The van der Waals surface area contributed by atoms with Gasteiger partial charge in [0.2, 0.25) is 0 Å². The summed E-state index contributed by atoms with van der Waals surface area (Å²) in [7, 11) is 0. The maximum absolute atomic E-state index is 4.04. The summed E-state index contributed by atoms with van der Waals surface area (Å²) in [6.45, 7) is 9.17. The number of aryl methyl sites for hydroxylation is 2. The van der Waals surface area contributed by atoms with E-state index >= 15 is 0 Å². The fourth-order valence-corrected chi connectivity index (χ4v) is 0.966. The molecule has 0 fully saturated rings. The summed E-state index contributed by atoms with van der Waals surface area (Å²) in [5.41, 5.74) is 1.12. The Morgan fingerprint density at radius 2 is 2.00 bits per heavy atom. The molecule has 1 rings (SSSR count). The average Bonchev–Trinajstić information content (AvgIpc) is 2.65. The van der Waals surface area contributed by atoms with Gasteiger partial charge in [0.1, 0.15) is 0 Å². The van der Waals surface area contributed by atoms with Crippen molar-refractivity contribution < 1.29 is 0 Å². The van der Waals surface area contributed by atoms with Gasteiger partial charge >= 0.3 is 0 Å². The molecule has 0 aliphatic rings. The van der Waals surface area contributed by atoms with E-state index in [1.807, 2.05) is 24.7 Å². The first kappa shape index (κ1) is 12.1. The molecule has 1 aromatic heterocycles. The number of hydrogen-bond donors (Lipinski definition) is 0. The second kappa shape index (κ2) is 7.77. The Hall–Kier alpha value is -0.860. The lowest BCUT2D eigenvalue weighted by Gasteiger charge is -1.90. The normalized spacial score (nSPS) is 9.23. The second-order valence-electron chi connectivity index (χ2n) is 2.67. The zero-order valence-electron chi connectivity index (χ0n) is 9.25. The van der Waals surface area contributed by atoms with E-state index in [1.54, 1.807) is 0 Å². The van der Waals surface area contributed by atoms with E-state index in [0.29, 0.717) is 0 Å². The first-order chi connectivity index (χ1) is 6.36. The van der Waals surface area contributed by atoms with Gasteiger partial charge in [-0.2, -0.15) is 0 Å². The molecule has 3 heteroatoms. The minimum absolute atomic E-state index is 0.916. The molecule has 0 spiro atoms. The molecule has 1 aromatic rings. The molecule has 13 heavy (non-hydrogen) atoms. The Bertz CT molecular complexity index is 206. The lowest BCUT2D eigenvalue weighted by molar-refractivity contribution is 0.626. The van der Waals surface area contributed by atoms with Crippen molar-refractivity contribution in [1.29, 1.82) is 0 Å². The Balaban J connectivity index is 0.000000671. The van der Waals surface area contributed by atoms with E-state index in [1.165, 1.54) is 12.8 Å². The van der Waals surface area contributed by atoms with Gasteiger partial charge in [0.25, 0.3) is 0 Å². The highest BCUT2D eigenvalue weighted by Gasteiger charge is 1.96. The van der Waals surface area contributed by atoms with Crippen molar-refractivity contribution in [3.05, 3.63) is 11.9 Å². The molecular weight excluding hydrogens is 162 g/mol. The standard InChI is InChI=1S/C8H15N3.C2H6/c1-3-5-6-8-7-11(4-2)10-9-8;1-2/h7H,3-6H2,1-2H3;1-2H3. The second-order valence-corrected chi connectivity index (χ2v) is 2.67. The number of nitrogens with zero attached hydrogens (tertiary/aromatic N) is 3. The fraction of sp³-hybridized carbons (Fsp3) is 0.800. The van der Waals surface area contributed by atoms with Crippen LogP contribution in [-0.2, 0) is 13.0 Å². The first-order valence-corrected chi connectivity index (χ1v) is 5.25. The van der Waals surface area contributed by atoms with Crippen LogP contribution in [-0.4, -0.2) is 15.0 Å². The molecule has 0 amide bonds. The smallest absolute Gasteiger partial charge is 0.0827 e. The van der Waals surface area contributed by atoms with Crippen molar-refractivity contribution in [3.8, 4) is 0 Å². The molecule has 0 bridgehead atoms. The lowest BCUT2D eigenvalue weighted by atomic mass is 10.2. The molecule has 1 heterocycles. The van der Waals surface area contributed by atoms with E-state index in [-0.39, 0.29) is 0 Å². The van der Waals surface area contributed by atoms with Gasteiger partial charge in [-0.1, -0.05) is 32.4 Å². The van der Waals surface area contributed by atoms with Gasteiger partial charge < -0.3 is 0 Å². The first-order valence-electron chi connectivity index (χ1n) is 5.25. The molecule has 0 aromatic carbocycles.